The molecule has 3 aromatic rings. The SMILES string of the molecule is O/N=C(/N=C(c1ccccc1)c1ccccc1)c1cccc(Cl)c1. The lowest BCUT2D eigenvalue weighted by atomic mass is 10.0. The second-order valence-electron chi connectivity index (χ2n) is 5.13. The number of halogens is 1. The van der Waals surface area contributed by atoms with Gasteiger partial charge in [-0.1, -0.05) is 89.6 Å². The van der Waals surface area contributed by atoms with Gasteiger partial charge in [-0.3, -0.25) is 0 Å². The molecule has 3 rings (SSSR count). The predicted octanol–water partition coefficient (Wildman–Crippen LogP) is 5.01. The molecule has 24 heavy (non-hydrogen) atoms. The van der Waals surface area contributed by atoms with E-state index in [0.29, 0.717) is 10.6 Å². The summed E-state index contributed by atoms with van der Waals surface area (Å²) in [4.78, 5) is 4.60. The van der Waals surface area contributed by atoms with E-state index in [1.807, 2.05) is 60.7 Å². The highest BCUT2D eigenvalue weighted by molar-refractivity contribution is 6.31. The molecule has 0 amide bonds. The van der Waals surface area contributed by atoms with Gasteiger partial charge in [0.25, 0.3) is 0 Å². The van der Waals surface area contributed by atoms with E-state index in [2.05, 4.69) is 10.1 Å². The van der Waals surface area contributed by atoms with Crippen LogP contribution in [0.3, 0.4) is 0 Å². The van der Waals surface area contributed by atoms with Crippen LogP contribution in [0.25, 0.3) is 0 Å². The summed E-state index contributed by atoms with van der Waals surface area (Å²) < 4.78 is 0. The monoisotopic (exact) mass is 334 g/mol. The lowest BCUT2D eigenvalue weighted by Gasteiger charge is -2.08. The highest BCUT2D eigenvalue weighted by Gasteiger charge is 2.10. The van der Waals surface area contributed by atoms with Gasteiger partial charge in [0.05, 0.1) is 5.71 Å². The zero-order chi connectivity index (χ0) is 16.8. The van der Waals surface area contributed by atoms with Crippen LogP contribution in [-0.2, 0) is 0 Å². The molecule has 3 aromatic carbocycles. The molecule has 0 spiro atoms. The molecule has 0 saturated heterocycles. The van der Waals surface area contributed by atoms with Crippen LogP contribution in [0.1, 0.15) is 16.7 Å². The molecule has 0 radical (unpaired) electrons. The standard InChI is InChI=1S/C20H15ClN2O/c21-18-13-7-12-17(14-18)20(23-24)22-19(15-8-3-1-4-9-15)16-10-5-2-6-11-16/h1-14,24H/b23-20+. The molecular weight excluding hydrogens is 320 g/mol. The minimum atomic E-state index is 0.209. The van der Waals surface area contributed by atoms with Gasteiger partial charge >= 0.3 is 0 Å². The van der Waals surface area contributed by atoms with Gasteiger partial charge in [0, 0.05) is 21.7 Å². The molecule has 0 aliphatic rings. The highest BCUT2D eigenvalue weighted by Crippen LogP contribution is 2.16. The van der Waals surface area contributed by atoms with Gasteiger partial charge < -0.3 is 5.21 Å². The van der Waals surface area contributed by atoms with Crippen LogP contribution < -0.4 is 0 Å². The summed E-state index contributed by atoms with van der Waals surface area (Å²) in [6.07, 6.45) is 0. The molecule has 0 saturated carbocycles. The highest BCUT2D eigenvalue weighted by atomic mass is 35.5. The van der Waals surface area contributed by atoms with Gasteiger partial charge in [-0.15, -0.1) is 0 Å². The largest absolute Gasteiger partial charge is 0.409 e. The average molecular weight is 335 g/mol. The summed E-state index contributed by atoms with van der Waals surface area (Å²) in [6.45, 7) is 0. The number of benzene rings is 3. The van der Waals surface area contributed by atoms with Crippen LogP contribution in [0.2, 0.25) is 5.02 Å². The first-order chi connectivity index (χ1) is 11.8. The number of amidine groups is 1. The number of hydrogen-bond acceptors (Lipinski definition) is 2. The molecule has 0 unspecified atom stereocenters. The van der Waals surface area contributed by atoms with Crippen molar-refractivity contribution in [3.63, 3.8) is 0 Å². The van der Waals surface area contributed by atoms with E-state index in [1.165, 1.54) is 0 Å². The van der Waals surface area contributed by atoms with Gasteiger partial charge in [-0.2, -0.15) is 0 Å². The minimum absolute atomic E-state index is 0.209. The van der Waals surface area contributed by atoms with E-state index in [1.54, 1.807) is 24.3 Å². The Bertz CT molecular complexity index is 833. The van der Waals surface area contributed by atoms with Crippen molar-refractivity contribution in [2.45, 2.75) is 0 Å². The van der Waals surface area contributed by atoms with E-state index in [-0.39, 0.29) is 5.84 Å². The van der Waals surface area contributed by atoms with E-state index >= 15 is 0 Å². The van der Waals surface area contributed by atoms with Crippen LogP contribution in [-0.4, -0.2) is 16.8 Å². The summed E-state index contributed by atoms with van der Waals surface area (Å²) in [7, 11) is 0. The van der Waals surface area contributed by atoms with E-state index in [0.717, 1.165) is 16.8 Å². The summed E-state index contributed by atoms with van der Waals surface area (Å²) in [6, 6.07) is 26.6. The third-order valence-electron chi connectivity index (χ3n) is 3.49. The van der Waals surface area contributed by atoms with Crippen molar-refractivity contribution in [1.29, 1.82) is 0 Å². The zero-order valence-electron chi connectivity index (χ0n) is 12.8. The fraction of sp³-hybridized carbons (Fsp3) is 0. The Morgan fingerprint density at radius 1 is 0.708 bits per heavy atom. The third-order valence-corrected chi connectivity index (χ3v) is 3.72. The first-order valence-corrected chi connectivity index (χ1v) is 7.83. The number of nitrogens with zero attached hydrogens (tertiary/aromatic N) is 2. The molecule has 0 fully saturated rings. The van der Waals surface area contributed by atoms with Crippen molar-refractivity contribution in [2.24, 2.45) is 10.1 Å². The quantitative estimate of drug-likeness (QED) is 0.311. The van der Waals surface area contributed by atoms with Crippen molar-refractivity contribution >= 4 is 23.1 Å². The number of oxime groups is 1. The lowest BCUT2D eigenvalue weighted by Crippen LogP contribution is -2.08. The van der Waals surface area contributed by atoms with E-state index < -0.39 is 0 Å². The Balaban J connectivity index is 2.13. The Kier molecular flexibility index (Phi) is 5.04. The van der Waals surface area contributed by atoms with Crippen molar-refractivity contribution in [3.05, 3.63) is 107 Å². The summed E-state index contributed by atoms with van der Waals surface area (Å²) >= 11 is 6.03. The summed E-state index contributed by atoms with van der Waals surface area (Å²) in [5.74, 6) is 0.209. The molecule has 0 aliphatic carbocycles. The zero-order valence-corrected chi connectivity index (χ0v) is 13.6. The Morgan fingerprint density at radius 2 is 1.25 bits per heavy atom. The predicted molar refractivity (Wildman–Crippen MR) is 98.3 cm³/mol. The lowest BCUT2D eigenvalue weighted by molar-refractivity contribution is 0.318. The van der Waals surface area contributed by atoms with E-state index in [4.69, 9.17) is 11.6 Å². The van der Waals surface area contributed by atoms with Gasteiger partial charge in [-0.25, -0.2) is 4.99 Å². The van der Waals surface area contributed by atoms with Crippen molar-refractivity contribution < 1.29 is 5.21 Å². The first-order valence-electron chi connectivity index (χ1n) is 7.45. The second kappa shape index (κ2) is 7.57. The molecule has 0 aliphatic heterocycles. The molecule has 3 nitrogen and oxygen atoms in total. The number of aliphatic imine (C=N–C) groups is 1. The normalized spacial score (nSPS) is 11.1. The number of rotatable bonds is 3. The molecule has 0 bridgehead atoms. The van der Waals surface area contributed by atoms with Crippen molar-refractivity contribution in [3.8, 4) is 0 Å². The van der Waals surface area contributed by atoms with Gasteiger partial charge in [-0.05, 0) is 12.1 Å². The Hall–Kier alpha value is -2.91. The third kappa shape index (κ3) is 3.70. The maximum absolute atomic E-state index is 9.45. The molecule has 0 heterocycles. The van der Waals surface area contributed by atoms with Crippen LogP contribution in [0.15, 0.2) is 95.1 Å². The fourth-order valence-electron chi connectivity index (χ4n) is 2.37. The molecule has 0 atom stereocenters. The van der Waals surface area contributed by atoms with E-state index in [9.17, 15) is 5.21 Å². The van der Waals surface area contributed by atoms with Gasteiger partial charge in [0.15, 0.2) is 5.84 Å². The van der Waals surface area contributed by atoms with Crippen molar-refractivity contribution in [1.82, 2.24) is 0 Å². The van der Waals surface area contributed by atoms with Crippen LogP contribution >= 0.6 is 11.6 Å². The molecular formula is C20H15ClN2O. The Morgan fingerprint density at radius 3 is 1.75 bits per heavy atom. The summed E-state index contributed by atoms with van der Waals surface area (Å²) in [5.41, 5.74) is 3.25. The minimum Gasteiger partial charge on any atom is -0.409 e. The van der Waals surface area contributed by atoms with Crippen LogP contribution in [0, 0.1) is 0 Å². The summed E-state index contributed by atoms with van der Waals surface area (Å²) in [5, 5.41) is 13.4. The van der Waals surface area contributed by atoms with Crippen LogP contribution in [0.4, 0.5) is 0 Å². The van der Waals surface area contributed by atoms with Gasteiger partial charge in [0.2, 0.25) is 0 Å². The second-order valence-corrected chi connectivity index (χ2v) is 5.56. The van der Waals surface area contributed by atoms with Gasteiger partial charge in [0.1, 0.15) is 0 Å². The van der Waals surface area contributed by atoms with Crippen molar-refractivity contribution in [2.75, 3.05) is 0 Å². The molecule has 118 valence electrons. The number of hydrogen-bond donors (Lipinski definition) is 1. The topological polar surface area (TPSA) is 45.0 Å². The van der Waals surface area contributed by atoms with Crippen LogP contribution in [0.5, 0.6) is 0 Å². The average Bonchev–Trinajstić information content (AvgIpc) is 2.64. The first kappa shape index (κ1) is 16.0. The molecule has 4 heteroatoms. The molecule has 1 N–H and O–H groups in total. The fourth-order valence-corrected chi connectivity index (χ4v) is 2.56. The maximum atomic E-state index is 9.45. The molecule has 0 aromatic heterocycles. The smallest absolute Gasteiger partial charge is 0.199 e. The Labute approximate surface area is 145 Å². The maximum Gasteiger partial charge on any atom is 0.199 e.